The van der Waals surface area contributed by atoms with Crippen LogP contribution in [0.25, 0.3) is 0 Å². The van der Waals surface area contributed by atoms with Crippen molar-refractivity contribution in [1.82, 2.24) is 4.90 Å². The van der Waals surface area contributed by atoms with Crippen LogP contribution in [0.15, 0.2) is 18.2 Å². The van der Waals surface area contributed by atoms with Gasteiger partial charge in [0.05, 0.1) is 10.5 Å². The molecule has 0 amide bonds. The number of hydrogen-bond donors (Lipinski definition) is 2. The minimum Gasteiger partial charge on any atom is -0.389 e. The molecule has 0 spiro atoms. The molecule has 0 aromatic heterocycles. The Kier molecular flexibility index (Phi) is 4.80. The van der Waals surface area contributed by atoms with E-state index in [0.29, 0.717) is 25.3 Å². The van der Waals surface area contributed by atoms with E-state index in [-0.39, 0.29) is 10.6 Å². The number of likely N-dealkylation sites (tertiary alicyclic amines) is 1. The summed E-state index contributed by atoms with van der Waals surface area (Å²) in [5.41, 5.74) is 0.907. The maximum Gasteiger partial charge on any atom is 0.292 e. The lowest BCUT2D eigenvalue weighted by atomic mass is 9.95. The number of benzene rings is 1. The van der Waals surface area contributed by atoms with Crippen LogP contribution in [0, 0.1) is 10.1 Å². The third-order valence-electron chi connectivity index (χ3n) is 3.79. The second kappa shape index (κ2) is 6.41. The lowest BCUT2D eigenvalue weighted by molar-refractivity contribution is -0.384. The summed E-state index contributed by atoms with van der Waals surface area (Å²) in [5.74, 6) is 0. The summed E-state index contributed by atoms with van der Waals surface area (Å²) in [6.07, 6.45) is 1.76. The van der Waals surface area contributed by atoms with Crippen LogP contribution in [0.2, 0.25) is 0 Å². The van der Waals surface area contributed by atoms with Gasteiger partial charge in [-0.05, 0) is 44.9 Å². The zero-order valence-corrected chi connectivity index (χ0v) is 12.6. The normalized spacial score (nSPS) is 23.0. The maximum absolute atomic E-state index is 11.2. The van der Waals surface area contributed by atoms with Gasteiger partial charge in [0.15, 0.2) is 0 Å². The van der Waals surface area contributed by atoms with Crippen molar-refractivity contribution < 1.29 is 10.0 Å². The van der Waals surface area contributed by atoms with Gasteiger partial charge >= 0.3 is 0 Å². The molecule has 0 radical (unpaired) electrons. The van der Waals surface area contributed by atoms with Crippen molar-refractivity contribution in [3.63, 3.8) is 0 Å². The van der Waals surface area contributed by atoms with E-state index in [1.807, 2.05) is 19.9 Å². The molecule has 6 heteroatoms. The van der Waals surface area contributed by atoms with Crippen LogP contribution < -0.4 is 5.32 Å². The zero-order chi connectivity index (χ0) is 15.5. The van der Waals surface area contributed by atoms with Gasteiger partial charge < -0.3 is 10.4 Å². The van der Waals surface area contributed by atoms with Gasteiger partial charge in [-0.2, -0.15) is 0 Å². The minimum atomic E-state index is -0.659. The topological polar surface area (TPSA) is 78.6 Å². The molecule has 1 fully saturated rings. The molecule has 116 valence electrons. The summed E-state index contributed by atoms with van der Waals surface area (Å²) in [6, 6.07) is 5.30. The molecule has 0 bridgehead atoms. The van der Waals surface area contributed by atoms with E-state index in [0.717, 1.165) is 24.9 Å². The summed E-state index contributed by atoms with van der Waals surface area (Å²) >= 11 is 0. The second-order valence-electron chi connectivity index (χ2n) is 5.95. The first-order chi connectivity index (χ1) is 9.91. The molecule has 2 N–H and O–H groups in total. The first-order valence-corrected chi connectivity index (χ1v) is 7.37. The monoisotopic (exact) mass is 293 g/mol. The maximum atomic E-state index is 11.2. The molecule has 0 saturated carbocycles. The lowest BCUT2D eigenvalue weighted by Crippen LogP contribution is -2.45. The summed E-state index contributed by atoms with van der Waals surface area (Å²) in [7, 11) is 0. The van der Waals surface area contributed by atoms with Crippen molar-refractivity contribution >= 4 is 11.4 Å². The van der Waals surface area contributed by atoms with E-state index in [2.05, 4.69) is 10.2 Å². The molecular weight excluding hydrogens is 270 g/mol. The Morgan fingerprint density at radius 1 is 1.52 bits per heavy atom. The van der Waals surface area contributed by atoms with E-state index >= 15 is 0 Å². The van der Waals surface area contributed by atoms with Gasteiger partial charge in [-0.1, -0.05) is 6.07 Å². The molecule has 21 heavy (non-hydrogen) atoms. The second-order valence-corrected chi connectivity index (χ2v) is 5.95. The summed E-state index contributed by atoms with van der Waals surface area (Å²) in [4.78, 5) is 13.0. The number of nitrogens with zero attached hydrogens (tertiary/aromatic N) is 2. The van der Waals surface area contributed by atoms with Crippen molar-refractivity contribution in [2.75, 3.05) is 25.0 Å². The van der Waals surface area contributed by atoms with E-state index in [9.17, 15) is 15.2 Å². The molecule has 1 atom stereocenters. The number of β-amino-alcohol motifs (C(OH)–C–C–N with tert-alkyl or cyclic N) is 1. The molecule has 1 unspecified atom stereocenters. The summed E-state index contributed by atoms with van der Waals surface area (Å²) < 4.78 is 0. The molecule has 0 aliphatic carbocycles. The van der Waals surface area contributed by atoms with Gasteiger partial charge in [0.2, 0.25) is 0 Å². The quantitative estimate of drug-likeness (QED) is 0.643. The lowest BCUT2D eigenvalue weighted by Gasteiger charge is -2.36. The Hall–Kier alpha value is -1.66. The van der Waals surface area contributed by atoms with E-state index in [4.69, 9.17) is 0 Å². The van der Waals surface area contributed by atoms with E-state index < -0.39 is 5.60 Å². The largest absolute Gasteiger partial charge is 0.389 e. The van der Waals surface area contributed by atoms with Gasteiger partial charge in [0.1, 0.15) is 5.69 Å². The average Bonchev–Trinajstić information content (AvgIpc) is 2.39. The molecule has 2 rings (SSSR count). The average molecular weight is 293 g/mol. The molecule has 1 aromatic rings. The Morgan fingerprint density at radius 3 is 2.90 bits per heavy atom. The number of rotatable bonds is 5. The summed E-state index contributed by atoms with van der Waals surface area (Å²) in [6.45, 7) is 6.55. The number of anilines is 1. The van der Waals surface area contributed by atoms with Gasteiger partial charge in [-0.25, -0.2) is 0 Å². The highest BCUT2D eigenvalue weighted by molar-refractivity contribution is 5.62. The minimum absolute atomic E-state index is 0.109. The predicted octanol–water partition coefficient (Wildman–Crippen LogP) is 2.37. The first-order valence-electron chi connectivity index (χ1n) is 7.37. The molecule has 1 aliphatic heterocycles. The van der Waals surface area contributed by atoms with E-state index in [1.54, 1.807) is 12.1 Å². The third kappa shape index (κ3) is 4.15. The molecule has 1 aliphatic rings. The van der Waals surface area contributed by atoms with Crippen molar-refractivity contribution in [3.05, 3.63) is 33.9 Å². The number of nitrogens with one attached hydrogen (secondary N) is 1. The Morgan fingerprint density at radius 2 is 2.29 bits per heavy atom. The standard InChI is InChI=1S/C15H23N3O3/c1-3-16-13-6-5-12(9-14(13)18(20)21)10-17-8-4-7-15(2,19)11-17/h5-6,9,16,19H,3-4,7-8,10-11H2,1-2H3. The van der Waals surface area contributed by atoms with Crippen LogP contribution in [-0.2, 0) is 6.54 Å². The van der Waals surface area contributed by atoms with Crippen LogP contribution in [0.4, 0.5) is 11.4 Å². The Bertz CT molecular complexity index is 517. The Balaban J connectivity index is 2.13. The fourth-order valence-corrected chi connectivity index (χ4v) is 2.88. The number of nitro benzene ring substituents is 1. The fraction of sp³-hybridized carbons (Fsp3) is 0.600. The van der Waals surface area contributed by atoms with Crippen molar-refractivity contribution in [2.45, 2.75) is 38.8 Å². The highest BCUT2D eigenvalue weighted by Crippen LogP contribution is 2.27. The summed E-state index contributed by atoms with van der Waals surface area (Å²) in [5, 5.41) is 24.3. The molecule has 1 heterocycles. The van der Waals surface area contributed by atoms with Crippen LogP contribution >= 0.6 is 0 Å². The van der Waals surface area contributed by atoms with Crippen molar-refractivity contribution in [3.8, 4) is 0 Å². The number of nitro groups is 1. The molecule has 1 saturated heterocycles. The third-order valence-corrected chi connectivity index (χ3v) is 3.79. The highest BCUT2D eigenvalue weighted by Gasteiger charge is 2.28. The van der Waals surface area contributed by atoms with Crippen molar-refractivity contribution in [1.29, 1.82) is 0 Å². The van der Waals surface area contributed by atoms with Crippen LogP contribution in [0.5, 0.6) is 0 Å². The number of aliphatic hydroxyl groups is 1. The Labute approximate surface area is 124 Å². The van der Waals surface area contributed by atoms with Crippen LogP contribution in [0.3, 0.4) is 0 Å². The van der Waals surface area contributed by atoms with Gasteiger partial charge in [0, 0.05) is 25.7 Å². The molecular formula is C15H23N3O3. The van der Waals surface area contributed by atoms with Gasteiger partial charge in [-0.3, -0.25) is 15.0 Å². The SMILES string of the molecule is CCNc1ccc(CN2CCCC(C)(O)C2)cc1[N+](=O)[O-]. The van der Waals surface area contributed by atoms with Crippen LogP contribution in [0.1, 0.15) is 32.3 Å². The zero-order valence-electron chi connectivity index (χ0n) is 12.6. The number of piperidine rings is 1. The highest BCUT2D eigenvalue weighted by atomic mass is 16.6. The van der Waals surface area contributed by atoms with Crippen molar-refractivity contribution in [2.24, 2.45) is 0 Å². The molecule has 1 aromatic carbocycles. The predicted molar refractivity (Wildman–Crippen MR) is 82.4 cm³/mol. The van der Waals surface area contributed by atoms with Gasteiger partial charge in [-0.15, -0.1) is 0 Å². The smallest absolute Gasteiger partial charge is 0.292 e. The fourth-order valence-electron chi connectivity index (χ4n) is 2.88. The van der Waals surface area contributed by atoms with Gasteiger partial charge in [0.25, 0.3) is 5.69 Å². The number of hydrogen-bond acceptors (Lipinski definition) is 5. The first kappa shape index (κ1) is 15.7. The van der Waals surface area contributed by atoms with E-state index in [1.165, 1.54) is 0 Å². The van der Waals surface area contributed by atoms with Crippen LogP contribution in [-0.4, -0.2) is 40.2 Å². The molecule has 6 nitrogen and oxygen atoms in total.